The van der Waals surface area contributed by atoms with Crippen molar-refractivity contribution >= 4 is 21.9 Å². The molecule has 14 heavy (non-hydrogen) atoms. The number of hydrogen-bond donors (Lipinski definition) is 0. The third-order valence-electron chi connectivity index (χ3n) is 2.00. The van der Waals surface area contributed by atoms with Crippen LogP contribution in [-0.2, 0) is 14.3 Å². The summed E-state index contributed by atoms with van der Waals surface area (Å²) >= 11 is 3.34. The van der Waals surface area contributed by atoms with E-state index in [0.717, 1.165) is 10.0 Å². The molecule has 0 N–H and O–H groups in total. The fourth-order valence-corrected chi connectivity index (χ4v) is 1.58. The van der Waals surface area contributed by atoms with Gasteiger partial charge >= 0.3 is 5.97 Å². The zero-order valence-electron chi connectivity index (χ0n) is 7.40. The molecule has 1 aromatic rings. The van der Waals surface area contributed by atoms with Gasteiger partial charge in [-0.3, -0.25) is 0 Å². The average Bonchev–Trinajstić information content (AvgIpc) is 2.19. The minimum Gasteiger partial charge on any atom is -0.453 e. The standard InChI is InChI=1S/C10H9BrO3/c11-8-3-1-7(2-4-8)9-5-13-6-10(12)14-9/h1-4,9H,5-6H2. The van der Waals surface area contributed by atoms with Gasteiger partial charge in [-0.15, -0.1) is 0 Å². The summed E-state index contributed by atoms with van der Waals surface area (Å²) in [4.78, 5) is 11.0. The lowest BCUT2D eigenvalue weighted by Crippen LogP contribution is -2.26. The Morgan fingerprint density at radius 1 is 1.29 bits per heavy atom. The van der Waals surface area contributed by atoms with E-state index in [9.17, 15) is 4.79 Å². The van der Waals surface area contributed by atoms with Crippen molar-refractivity contribution in [3.05, 3.63) is 34.3 Å². The first-order chi connectivity index (χ1) is 6.75. The Morgan fingerprint density at radius 2 is 2.00 bits per heavy atom. The molecule has 0 amide bonds. The molecule has 4 heteroatoms. The molecule has 1 aliphatic heterocycles. The number of halogens is 1. The second-order valence-corrected chi connectivity index (χ2v) is 3.96. The molecule has 1 unspecified atom stereocenters. The maximum absolute atomic E-state index is 11.0. The Balaban J connectivity index is 2.14. The highest BCUT2D eigenvalue weighted by Crippen LogP contribution is 2.22. The summed E-state index contributed by atoms with van der Waals surface area (Å²) < 4.78 is 11.2. The summed E-state index contributed by atoms with van der Waals surface area (Å²) in [6.45, 7) is 0.500. The lowest BCUT2D eigenvalue weighted by atomic mass is 10.1. The van der Waals surface area contributed by atoms with E-state index in [0.29, 0.717) is 6.61 Å². The smallest absolute Gasteiger partial charge is 0.332 e. The second kappa shape index (κ2) is 4.11. The van der Waals surface area contributed by atoms with E-state index < -0.39 is 0 Å². The van der Waals surface area contributed by atoms with Gasteiger partial charge in [-0.1, -0.05) is 28.1 Å². The lowest BCUT2D eigenvalue weighted by Gasteiger charge is -2.22. The number of carbonyl (C=O) groups is 1. The molecule has 1 aromatic carbocycles. The normalized spacial score (nSPS) is 21.8. The lowest BCUT2D eigenvalue weighted by molar-refractivity contribution is -0.170. The number of ether oxygens (including phenoxy) is 2. The number of benzene rings is 1. The van der Waals surface area contributed by atoms with Crippen molar-refractivity contribution in [1.29, 1.82) is 0 Å². The molecule has 1 fully saturated rings. The molecule has 0 saturated carbocycles. The molecule has 1 aliphatic rings. The number of esters is 1. The zero-order valence-corrected chi connectivity index (χ0v) is 8.99. The third-order valence-corrected chi connectivity index (χ3v) is 2.53. The monoisotopic (exact) mass is 256 g/mol. The third kappa shape index (κ3) is 2.13. The second-order valence-electron chi connectivity index (χ2n) is 3.05. The summed E-state index contributed by atoms with van der Waals surface area (Å²) in [5.41, 5.74) is 0.959. The van der Waals surface area contributed by atoms with E-state index in [1.165, 1.54) is 0 Å². The van der Waals surface area contributed by atoms with Crippen LogP contribution in [0.2, 0.25) is 0 Å². The van der Waals surface area contributed by atoms with E-state index in [1.807, 2.05) is 24.3 Å². The van der Waals surface area contributed by atoms with Gasteiger partial charge in [0.05, 0.1) is 6.61 Å². The molecular weight excluding hydrogens is 248 g/mol. The fourth-order valence-electron chi connectivity index (χ4n) is 1.32. The van der Waals surface area contributed by atoms with E-state index in [2.05, 4.69) is 15.9 Å². The van der Waals surface area contributed by atoms with Crippen molar-refractivity contribution in [2.45, 2.75) is 6.10 Å². The minimum atomic E-state index is -0.302. The van der Waals surface area contributed by atoms with Gasteiger partial charge in [0.1, 0.15) is 6.61 Å². The van der Waals surface area contributed by atoms with Crippen LogP contribution in [0.25, 0.3) is 0 Å². The fraction of sp³-hybridized carbons (Fsp3) is 0.300. The summed E-state index contributed by atoms with van der Waals surface area (Å²) in [5.74, 6) is -0.302. The van der Waals surface area contributed by atoms with Crippen LogP contribution in [0.15, 0.2) is 28.7 Å². The van der Waals surface area contributed by atoms with Gasteiger partial charge in [0.15, 0.2) is 6.10 Å². The molecule has 0 aliphatic carbocycles. The molecule has 1 atom stereocenters. The van der Waals surface area contributed by atoms with E-state index >= 15 is 0 Å². The van der Waals surface area contributed by atoms with Gasteiger partial charge < -0.3 is 9.47 Å². The molecular formula is C10H9BrO3. The summed E-state index contributed by atoms with van der Waals surface area (Å²) in [5, 5.41) is 0. The van der Waals surface area contributed by atoms with Gasteiger partial charge in [-0.2, -0.15) is 0 Å². The first-order valence-electron chi connectivity index (χ1n) is 4.28. The van der Waals surface area contributed by atoms with Gasteiger partial charge in [0.25, 0.3) is 0 Å². The Labute approximate surface area is 90.1 Å². The molecule has 2 rings (SSSR count). The molecule has 74 valence electrons. The predicted molar refractivity (Wildman–Crippen MR) is 53.8 cm³/mol. The van der Waals surface area contributed by atoms with Crippen LogP contribution < -0.4 is 0 Å². The van der Waals surface area contributed by atoms with Crippen molar-refractivity contribution in [2.75, 3.05) is 13.2 Å². The molecule has 1 saturated heterocycles. The van der Waals surface area contributed by atoms with Crippen LogP contribution in [0.4, 0.5) is 0 Å². The van der Waals surface area contributed by atoms with Crippen LogP contribution in [0.5, 0.6) is 0 Å². The zero-order chi connectivity index (χ0) is 9.97. The molecule has 1 heterocycles. The van der Waals surface area contributed by atoms with E-state index in [1.54, 1.807) is 0 Å². The molecule has 0 spiro atoms. The Hall–Kier alpha value is -0.870. The highest BCUT2D eigenvalue weighted by molar-refractivity contribution is 9.10. The maximum atomic E-state index is 11.0. The van der Waals surface area contributed by atoms with Gasteiger partial charge in [-0.25, -0.2) is 4.79 Å². The summed E-state index contributed by atoms with van der Waals surface area (Å²) in [7, 11) is 0. The Morgan fingerprint density at radius 3 is 2.64 bits per heavy atom. The van der Waals surface area contributed by atoms with Crippen molar-refractivity contribution < 1.29 is 14.3 Å². The molecule has 0 bridgehead atoms. The SMILES string of the molecule is O=C1COCC(c2ccc(Br)cc2)O1. The van der Waals surface area contributed by atoms with Crippen molar-refractivity contribution in [3.63, 3.8) is 0 Å². The van der Waals surface area contributed by atoms with E-state index in [-0.39, 0.29) is 18.7 Å². The van der Waals surface area contributed by atoms with Gasteiger partial charge in [0.2, 0.25) is 0 Å². The van der Waals surface area contributed by atoms with Gasteiger partial charge in [0, 0.05) is 4.47 Å². The van der Waals surface area contributed by atoms with Crippen LogP contribution in [0.1, 0.15) is 11.7 Å². The van der Waals surface area contributed by atoms with Crippen molar-refractivity contribution in [2.24, 2.45) is 0 Å². The summed E-state index contributed by atoms with van der Waals surface area (Å²) in [6, 6.07) is 7.66. The highest BCUT2D eigenvalue weighted by atomic mass is 79.9. The first kappa shape index (κ1) is 9.68. The molecule has 0 radical (unpaired) electrons. The minimum absolute atomic E-state index is 0.0625. The van der Waals surface area contributed by atoms with Crippen molar-refractivity contribution in [3.8, 4) is 0 Å². The number of cyclic esters (lactones) is 1. The van der Waals surface area contributed by atoms with E-state index in [4.69, 9.17) is 9.47 Å². The van der Waals surface area contributed by atoms with Crippen LogP contribution in [0.3, 0.4) is 0 Å². The van der Waals surface area contributed by atoms with Crippen LogP contribution >= 0.6 is 15.9 Å². The molecule has 3 nitrogen and oxygen atoms in total. The van der Waals surface area contributed by atoms with Crippen LogP contribution in [-0.4, -0.2) is 19.2 Å². The highest BCUT2D eigenvalue weighted by Gasteiger charge is 2.22. The Bertz CT molecular complexity index is 334. The number of carbonyl (C=O) groups excluding carboxylic acids is 1. The largest absolute Gasteiger partial charge is 0.453 e. The predicted octanol–water partition coefficient (Wildman–Crippen LogP) is 2.06. The maximum Gasteiger partial charge on any atom is 0.332 e. The molecule has 0 aromatic heterocycles. The first-order valence-corrected chi connectivity index (χ1v) is 5.08. The topological polar surface area (TPSA) is 35.5 Å². The van der Waals surface area contributed by atoms with Crippen molar-refractivity contribution in [1.82, 2.24) is 0 Å². The average molecular weight is 257 g/mol. The summed E-state index contributed by atoms with van der Waals surface area (Å²) in [6.07, 6.45) is -0.260. The Kier molecular flexibility index (Phi) is 2.84. The quantitative estimate of drug-likeness (QED) is 0.722. The number of hydrogen-bond acceptors (Lipinski definition) is 3. The van der Waals surface area contributed by atoms with Gasteiger partial charge in [-0.05, 0) is 17.7 Å². The number of rotatable bonds is 1. The van der Waals surface area contributed by atoms with Crippen LogP contribution in [0, 0.1) is 0 Å².